The fourth-order valence-electron chi connectivity index (χ4n) is 5.10. The van der Waals surface area contributed by atoms with Crippen LogP contribution >= 0.6 is 0 Å². The van der Waals surface area contributed by atoms with Crippen LogP contribution in [0.4, 0.5) is 0 Å². The van der Waals surface area contributed by atoms with E-state index in [9.17, 15) is 14.7 Å². The number of aryl methyl sites for hydroxylation is 1. The number of hydrogen-bond donors (Lipinski definition) is 3. The van der Waals surface area contributed by atoms with Gasteiger partial charge < -0.3 is 30.1 Å². The third-order valence-corrected chi connectivity index (χ3v) is 7.21. The number of carbonyl (C=O) groups excluding carboxylic acids is 2. The number of aliphatic hydroxyl groups is 1. The van der Waals surface area contributed by atoms with Crippen LogP contribution < -0.4 is 15.4 Å². The molecule has 37 heavy (non-hydrogen) atoms. The van der Waals surface area contributed by atoms with Crippen LogP contribution in [0, 0.1) is 17.8 Å². The second-order valence-electron chi connectivity index (χ2n) is 11.0. The van der Waals surface area contributed by atoms with E-state index in [4.69, 9.17) is 9.47 Å². The number of nitrogens with zero attached hydrogens (tertiary/aromatic N) is 1. The molecule has 0 aromatic heterocycles. The second-order valence-corrected chi connectivity index (χ2v) is 11.0. The number of ether oxygens (including phenoxy) is 2. The molecule has 2 fully saturated rings. The van der Waals surface area contributed by atoms with Crippen molar-refractivity contribution in [2.75, 3.05) is 40.0 Å². The first-order valence-electron chi connectivity index (χ1n) is 14.0. The lowest BCUT2D eigenvalue weighted by Crippen LogP contribution is -2.51. The van der Waals surface area contributed by atoms with E-state index in [2.05, 4.69) is 43.5 Å². The Hall–Kier alpha value is -2.16. The van der Waals surface area contributed by atoms with Gasteiger partial charge in [0, 0.05) is 45.8 Å². The summed E-state index contributed by atoms with van der Waals surface area (Å²) in [5.41, 5.74) is 2.28. The van der Waals surface area contributed by atoms with Crippen LogP contribution in [0.3, 0.4) is 0 Å². The van der Waals surface area contributed by atoms with E-state index in [0.29, 0.717) is 45.2 Å². The van der Waals surface area contributed by atoms with Crippen molar-refractivity contribution in [3.05, 3.63) is 29.3 Å². The Morgan fingerprint density at radius 2 is 1.86 bits per heavy atom. The molecule has 1 aromatic rings. The Morgan fingerprint density at radius 1 is 1.14 bits per heavy atom. The molecule has 1 saturated carbocycles. The number of nitrogens with one attached hydrogen (secondary N) is 2. The molecular formula is C29H47N3O5. The van der Waals surface area contributed by atoms with Crippen LogP contribution in [0.1, 0.15) is 64.0 Å². The molecule has 2 amide bonds. The molecule has 0 bridgehead atoms. The molecule has 0 radical (unpaired) electrons. The van der Waals surface area contributed by atoms with Crippen LogP contribution in [0.5, 0.6) is 5.75 Å². The summed E-state index contributed by atoms with van der Waals surface area (Å²) >= 11 is 0. The topological polar surface area (TPSA) is 100 Å². The van der Waals surface area contributed by atoms with Crippen LogP contribution in [0.25, 0.3) is 0 Å². The van der Waals surface area contributed by atoms with Crippen molar-refractivity contribution >= 4 is 11.8 Å². The normalized spacial score (nSPS) is 20.5. The zero-order valence-electron chi connectivity index (χ0n) is 23.1. The van der Waals surface area contributed by atoms with Crippen LogP contribution in [0.2, 0.25) is 0 Å². The summed E-state index contributed by atoms with van der Waals surface area (Å²) in [7, 11) is 1.69. The summed E-state index contributed by atoms with van der Waals surface area (Å²) in [5, 5.41) is 16.0. The molecule has 2 aliphatic rings. The molecule has 8 nitrogen and oxygen atoms in total. The average molecular weight is 518 g/mol. The molecule has 8 heteroatoms. The van der Waals surface area contributed by atoms with Gasteiger partial charge in [-0.05, 0) is 61.3 Å². The first-order valence-corrected chi connectivity index (χ1v) is 14.0. The molecule has 3 N–H and O–H groups in total. The van der Waals surface area contributed by atoms with Crippen molar-refractivity contribution in [3.63, 3.8) is 0 Å². The summed E-state index contributed by atoms with van der Waals surface area (Å²) in [4.78, 5) is 28.7. The molecule has 1 aliphatic heterocycles. The monoisotopic (exact) mass is 517 g/mol. The SMILES string of the molecule is CCc1cc(CN(C(=O)[C@H]2CNC[C@@H](C(=O)NC(CO)CC(C)C)C2)C2CC2)cc(OCCCOC)c1. The fraction of sp³-hybridized carbons (Fsp3) is 0.724. The van der Waals surface area contributed by atoms with E-state index < -0.39 is 0 Å². The summed E-state index contributed by atoms with van der Waals surface area (Å²) in [6, 6.07) is 6.32. The largest absolute Gasteiger partial charge is 0.493 e. The van der Waals surface area contributed by atoms with Gasteiger partial charge in [0.15, 0.2) is 0 Å². The zero-order valence-corrected chi connectivity index (χ0v) is 23.1. The number of piperidine rings is 1. The van der Waals surface area contributed by atoms with E-state index in [-0.39, 0.29) is 42.3 Å². The minimum Gasteiger partial charge on any atom is -0.493 e. The summed E-state index contributed by atoms with van der Waals surface area (Å²) in [6.07, 6.45) is 5.04. The van der Waals surface area contributed by atoms with Gasteiger partial charge in [-0.1, -0.05) is 26.8 Å². The number of aliphatic hydroxyl groups excluding tert-OH is 1. The molecule has 1 heterocycles. The Kier molecular flexibility index (Phi) is 11.7. The molecule has 208 valence electrons. The van der Waals surface area contributed by atoms with Gasteiger partial charge in [0.25, 0.3) is 0 Å². The molecule has 1 aliphatic carbocycles. The van der Waals surface area contributed by atoms with Crippen LogP contribution in [-0.4, -0.2) is 73.9 Å². The Morgan fingerprint density at radius 3 is 2.51 bits per heavy atom. The third-order valence-electron chi connectivity index (χ3n) is 7.21. The van der Waals surface area contributed by atoms with Gasteiger partial charge in [0.2, 0.25) is 11.8 Å². The quantitative estimate of drug-likeness (QED) is 0.310. The van der Waals surface area contributed by atoms with Gasteiger partial charge in [-0.2, -0.15) is 0 Å². The predicted octanol–water partition coefficient (Wildman–Crippen LogP) is 2.90. The minimum atomic E-state index is -0.277. The van der Waals surface area contributed by atoms with E-state index >= 15 is 0 Å². The molecule has 0 spiro atoms. The lowest BCUT2D eigenvalue weighted by atomic mass is 9.88. The van der Waals surface area contributed by atoms with Crippen molar-refractivity contribution in [2.45, 2.75) is 77.9 Å². The molecule has 1 saturated heterocycles. The maximum atomic E-state index is 13.7. The molecule has 1 aromatic carbocycles. The lowest BCUT2D eigenvalue weighted by molar-refractivity contribution is -0.139. The fourth-order valence-corrected chi connectivity index (χ4v) is 5.10. The van der Waals surface area contributed by atoms with Crippen molar-refractivity contribution in [2.24, 2.45) is 17.8 Å². The average Bonchev–Trinajstić information content (AvgIpc) is 3.74. The Balaban J connectivity index is 1.65. The molecular weight excluding hydrogens is 470 g/mol. The number of carbonyl (C=O) groups is 2. The van der Waals surface area contributed by atoms with Crippen molar-refractivity contribution < 1.29 is 24.2 Å². The second kappa shape index (κ2) is 14.7. The highest BCUT2D eigenvalue weighted by Gasteiger charge is 2.39. The van der Waals surface area contributed by atoms with Gasteiger partial charge in [-0.15, -0.1) is 0 Å². The van der Waals surface area contributed by atoms with E-state index in [1.54, 1.807) is 7.11 Å². The summed E-state index contributed by atoms with van der Waals surface area (Å²) < 4.78 is 11.1. The highest BCUT2D eigenvalue weighted by Crippen LogP contribution is 2.32. The maximum Gasteiger partial charge on any atom is 0.227 e. The van der Waals surface area contributed by atoms with Crippen molar-refractivity contribution in [1.82, 2.24) is 15.5 Å². The molecule has 3 rings (SSSR count). The highest BCUT2D eigenvalue weighted by atomic mass is 16.5. The van der Waals surface area contributed by atoms with E-state index in [1.807, 2.05) is 11.0 Å². The molecule has 3 atom stereocenters. The minimum absolute atomic E-state index is 0.0726. The Labute approximate surface area is 222 Å². The first-order chi connectivity index (χ1) is 17.8. The summed E-state index contributed by atoms with van der Waals surface area (Å²) in [6.45, 7) is 9.16. The van der Waals surface area contributed by atoms with Gasteiger partial charge in [0.05, 0.1) is 31.1 Å². The van der Waals surface area contributed by atoms with E-state index in [1.165, 1.54) is 5.56 Å². The van der Waals surface area contributed by atoms with Crippen molar-refractivity contribution in [1.29, 1.82) is 0 Å². The van der Waals surface area contributed by atoms with Gasteiger partial charge >= 0.3 is 0 Å². The Bertz CT molecular complexity index is 873. The highest BCUT2D eigenvalue weighted by molar-refractivity contribution is 5.83. The van der Waals surface area contributed by atoms with Gasteiger partial charge in [-0.3, -0.25) is 9.59 Å². The number of methoxy groups -OCH3 is 1. The standard InChI is InChI=1S/C29H47N3O5/c1-5-21-12-22(14-27(13-21)37-10-6-9-36-4)18-32(26-7-8-26)29(35)24-15-23(16-30-17-24)28(34)31-25(19-33)11-20(2)3/h12-14,20,23-26,30,33H,5-11,15-19H2,1-4H3,(H,31,34)/t23-,24+,25?/m0/s1. The first kappa shape index (κ1) is 29.4. The third kappa shape index (κ3) is 9.27. The van der Waals surface area contributed by atoms with Crippen molar-refractivity contribution in [3.8, 4) is 5.75 Å². The number of rotatable bonds is 15. The molecule has 1 unspecified atom stereocenters. The summed E-state index contributed by atoms with van der Waals surface area (Å²) in [5.74, 6) is 0.754. The lowest BCUT2D eigenvalue weighted by Gasteiger charge is -2.33. The van der Waals surface area contributed by atoms with E-state index in [0.717, 1.165) is 43.4 Å². The van der Waals surface area contributed by atoms with Gasteiger partial charge in [0.1, 0.15) is 5.75 Å². The zero-order chi connectivity index (χ0) is 26.8. The van der Waals surface area contributed by atoms with Crippen LogP contribution in [-0.2, 0) is 27.3 Å². The smallest absolute Gasteiger partial charge is 0.227 e. The number of benzene rings is 1. The predicted molar refractivity (Wildman–Crippen MR) is 144 cm³/mol. The van der Waals surface area contributed by atoms with Crippen LogP contribution in [0.15, 0.2) is 18.2 Å². The number of amides is 2. The van der Waals surface area contributed by atoms with Gasteiger partial charge in [-0.25, -0.2) is 0 Å². The maximum absolute atomic E-state index is 13.7. The number of hydrogen-bond acceptors (Lipinski definition) is 6.